The van der Waals surface area contributed by atoms with Gasteiger partial charge in [0.1, 0.15) is 0 Å². The maximum absolute atomic E-state index is 9.09. The molecule has 0 bridgehead atoms. The smallest absolute Gasteiger partial charge is 0.0926 e. The van der Waals surface area contributed by atoms with Gasteiger partial charge in [0.05, 0.1) is 12.7 Å². The van der Waals surface area contributed by atoms with Crippen molar-refractivity contribution in [2.24, 2.45) is 11.1 Å². The lowest BCUT2D eigenvalue weighted by atomic mass is 9.84. The van der Waals surface area contributed by atoms with Gasteiger partial charge in [-0.25, -0.2) is 0 Å². The molecule has 3 heteroatoms. The maximum atomic E-state index is 9.09. The number of aliphatic hydroxyl groups is 2. The highest BCUT2D eigenvalue weighted by Gasteiger charge is 2.26. The molecule has 0 aliphatic heterocycles. The van der Waals surface area contributed by atoms with Crippen LogP contribution < -0.4 is 5.73 Å². The highest BCUT2D eigenvalue weighted by molar-refractivity contribution is 4.82. The fraction of sp³-hybridized carbons (Fsp3) is 1.00. The first-order valence-electron chi connectivity index (χ1n) is 3.44. The molecular formula is C7H17NO2. The second-order valence-electron chi connectivity index (χ2n) is 3.64. The van der Waals surface area contributed by atoms with Gasteiger partial charge in [0.25, 0.3) is 0 Å². The van der Waals surface area contributed by atoms with Gasteiger partial charge in [0.15, 0.2) is 0 Å². The minimum Gasteiger partial charge on any atom is -0.394 e. The van der Waals surface area contributed by atoms with Crippen LogP contribution in [-0.2, 0) is 0 Å². The molecule has 0 radical (unpaired) electrons. The summed E-state index contributed by atoms with van der Waals surface area (Å²) in [6.07, 6.45) is -0.806. The molecule has 0 saturated heterocycles. The molecule has 10 heavy (non-hydrogen) atoms. The number of hydrogen-bond acceptors (Lipinski definition) is 3. The van der Waals surface area contributed by atoms with Crippen molar-refractivity contribution < 1.29 is 10.2 Å². The third-order valence-electron chi connectivity index (χ3n) is 1.60. The van der Waals surface area contributed by atoms with Crippen molar-refractivity contribution in [1.29, 1.82) is 0 Å². The molecule has 0 aliphatic carbocycles. The van der Waals surface area contributed by atoms with E-state index >= 15 is 0 Å². The van der Waals surface area contributed by atoms with E-state index in [4.69, 9.17) is 15.9 Å². The summed E-state index contributed by atoms with van der Waals surface area (Å²) in [4.78, 5) is 0. The lowest BCUT2D eigenvalue weighted by molar-refractivity contribution is 0.0408. The first kappa shape index (κ1) is 9.88. The van der Waals surface area contributed by atoms with Crippen LogP contribution >= 0.6 is 0 Å². The standard InChI is InChI=1S/C7H17NO2/c1-7(2,3)6(8)5(10)4-9/h5-6,9-10H,4,8H2,1-3H3. The molecule has 0 fully saturated rings. The fourth-order valence-corrected chi connectivity index (χ4v) is 0.691. The van der Waals surface area contributed by atoms with E-state index in [1.807, 2.05) is 20.8 Å². The molecule has 3 nitrogen and oxygen atoms in total. The van der Waals surface area contributed by atoms with Crippen molar-refractivity contribution in [3.8, 4) is 0 Å². The molecule has 0 rings (SSSR count). The summed E-state index contributed by atoms with van der Waals surface area (Å²) in [6.45, 7) is 5.52. The van der Waals surface area contributed by atoms with Crippen molar-refractivity contribution in [3.63, 3.8) is 0 Å². The van der Waals surface area contributed by atoms with Crippen molar-refractivity contribution in [3.05, 3.63) is 0 Å². The van der Waals surface area contributed by atoms with Crippen LogP contribution in [0.5, 0.6) is 0 Å². The fourth-order valence-electron chi connectivity index (χ4n) is 0.691. The van der Waals surface area contributed by atoms with Gasteiger partial charge in [0.2, 0.25) is 0 Å². The Bertz CT molecular complexity index is 98.3. The van der Waals surface area contributed by atoms with E-state index in [1.54, 1.807) is 0 Å². The predicted octanol–water partition coefficient (Wildman–Crippen LogP) is -0.287. The molecule has 2 unspecified atom stereocenters. The second-order valence-corrected chi connectivity index (χ2v) is 3.64. The van der Waals surface area contributed by atoms with Gasteiger partial charge in [-0.15, -0.1) is 0 Å². The number of aliphatic hydroxyl groups excluding tert-OH is 2. The van der Waals surface area contributed by atoms with Crippen molar-refractivity contribution in [2.45, 2.75) is 32.9 Å². The summed E-state index contributed by atoms with van der Waals surface area (Å²) in [6, 6.07) is -0.363. The molecule has 0 saturated carbocycles. The van der Waals surface area contributed by atoms with Crippen LogP contribution in [0, 0.1) is 5.41 Å². The van der Waals surface area contributed by atoms with Crippen molar-refractivity contribution in [1.82, 2.24) is 0 Å². The zero-order valence-corrected chi connectivity index (χ0v) is 6.83. The van der Waals surface area contributed by atoms with Crippen LogP contribution in [0.2, 0.25) is 0 Å². The summed E-state index contributed by atoms with van der Waals surface area (Å²) in [5.74, 6) is 0. The minimum absolute atomic E-state index is 0.151. The van der Waals surface area contributed by atoms with E-state index in [1.165, 1.54) is 0 Å². The molecule has 4 N–H and O–H groups in total. The largest absolute Gasteiger partial charge is 0.394 e. The molecule has 0 amide bonds. The molecule has 62 valence electrons. The third-order valence-corrected chi connectivity index (χ3v) is 1.60. The molecule has 0 aliphatic rings. The average molecular weight is 147 g/mol. The van der Waals surface area contributed by atoms with E-state index < -0.39 is 6.10 Å². The highest BCUT2D eigenvalue weighted by Crippen LogP contribution is 2.19. The Hall–Kier alpha value is -0.120. The predicted molar refractivity (Wildman–Crippen MR) is 40.5 cm³/mol. The maximum Gasteiger partial charge on any atom is 0.0926 e. The Balaban J connectivity index is 3.94. The first-order valence-corrected chi connectivity index (χ1v) is 3.44. The molecule has 0 spiro atoms. The van der Waals surface area contributed by atoms with E-state index in [0.717, 1.165) is 0 Å². The lowest BCUT2D eigenvalue weighted by Gasteiger charge is -2.29. The van der Waals surface area contributed by atoms with Gasteiger partial charge in [-0.3, -0.25) is 0 Å². The number of rotatable bonds is 2. The topological polar surface area (TPSA) is 66.5 Å². The van der Waals surface area contributed by atoms with Crippen LogP contribution in [0.15, 0.2) is 0 Å². The Morgan fingerprint density at radius 2 is 1.80 bits per heavy atom. The SMILES string of the molecule is CC(C)(C)C(N)C(O)CO. The molecular weight excluding hydrogens is 130 g/mol. The second kappa shape index (κ2) is 3.32. The number of hydrogen-bond donors (Lipinski definition) is 3. The quantitative estimate of drug-likeness (QED) is 0.503. The average Bonchev–Trinajstić information content (AvgIpc) is 1.83. The monoisotopic (exact) mass is 147 g/mol. The van der Waals surface area contributed by atoms with E-state index in [0.29, 0.717) is 0 Å². The highest BCUT2D eigenvalue weighted by atomic mass is 16.3. The molecule has 2 atom stereocenters. The molecule has 0 heterocycles. The van der Waals surface area contributed by atoms with Crippen molar-refractivity contribution >= 4 is 0 Å². The Labute approximate surface area is 61.9 Å². The van der Waals surface area contributed by atoms with Crippen LogP contribution in [0.4, 0.5) is 0 Å². The normalized spacial score (nSPS) is 18.6. The summed E-state index contributed by atoms with van der Waals surface area (Å²) >= 11 is 0. The van der Waals surface area contributed by atoms with Crippen LogP contribution in [0.1, 0.15) is 20.8 Å². The summed E-state index contributed by atoms with van der Waals surface area (Å²) < 4.78 is 0. The van der Waals surface area contributed by atoms with Gasteiger partial charge in [-0.1, -0.05) is 20.8 Å². The molecule has 0 aromatic heterocycles. The van der Waals surface area contributed by atoms with Gasteiger partial charge in [0, 0.05) is 6.04 Å². The van der Waals surface area contributed by atoms with Gasteiger partial charge < -0.3 is 15.9 Å². The van der Waals surface area contributed by atoms with E-state index in [2.05, 4.69) is 0 Å². The zero-order valence-electron chi connectivity index (χ0n) is 6.83. The zero-order chi connectivity index (χ0) is 8.36. The van der Waals surface area contributed by atoms with E-state index in [-0.39, 0.29) is 18.1 Å². The Kier molecular flexibility index (Phi) is 3.28. The minimum atomic E-state index is -0.806. The molecule has 0 aromatic rings. The Morgan fingerprint density at radius 1 is 1.40 bits per heavy atom. The van der Waals surface area contributed by atoms with Gasteiger partial charge >= 0.3 is 0 Å². The van der Waals surface area contributed by atoms with E-state index in [9.17, 15) is 0 Å². The lowest BCUT2D eigenvalue weighted by Crippen LogP contribution is -2.46. The van der Waals surface area contributed by atoms with Crippen LogP contribution in [0.25, 0.3) is 0 Å². The van der Waals surface area contributed by atoms with Crippen LogP contribution in [0.3, 0.4) is 0 Å². The summed E-state index contributed by atoms with van der Waals surface area (Å²) in [7, 11) is 0. The summed E-state index contributed by atoms with van der Waals surface area (Å²) in [5, 5.41) is 17.6. The third kappa shape index (κ3) is 2.64. The first-order chi connectivity index (χ1) is 4.39. The van der Waals surface area contributed by atoms with Crippen LogP contribution in [-0.4, -0.2) is 29.0 Å². The number of nitrogens with two attached hydrogens (primary N) is 1. The van der Waals surface area contributed by atoms with Gasteiger partial charge in [-0.2, -0.15) is 0 Å². The van der Waals surface area contributed by atoms with Gasteiger partial charge in [-0.05, 0) is 5.41 Å². The van der Waals surface area contributed by atoms with Crippen molar-refractivity contribution in [2.75, 3.05) is 6.61 Å². The molecule has 0 aromatic carbocycles. The Morgan fingerprint density at radius 3 is 1.90 bits per heavy atom. The summed E-state index contributed by atoms with van der Waals surface area (Å²) in [5.41, 5.74) is 5.44.